The zero-order valence-corrected chi connectivity index (χ0v) is 8.07. The molecule has 0 aromatic heterocycles. The van der Waals surface area contributed by atoms with E-state index in [2.05, 4.69) is 5.32 Å². The van der Waals surface area contributed by atoms with Crippen molar-refractivity contribution in [1.82, 2.24) is 5.32 Å². The van der Waals surface area contributed by atoms with E-state index in [4.69, 9.17) is 0 Å². The highest BCUT2D eigenvalue weighted by Crippen LogP contribution is 2.22. The first kappa shape index (κ1) is 10.2. The number of aliphatic hydroxyl groups is 1. The van der Waals surface area contributed by atoms with Gasteiger partial charge in [0.05, 0.1) is 12.1 Å². The second-order valence-electron chi connectivity index (χ2n) is 3.86. The topological polar surface area (TPSA) is 66.4 Å². The molecule has 3 atom stereocenters. The molecule has 0 aromatic rings. The van der Waals surface area contributed by atoms with Gasteiger partial charge in [0.25, 0.3) is 0 Å². The summed E-state index contributed by atoms with van der Waals surface area (Å²) in [7, 11) is 0. The zero-order chi connectivity index (χ0) is 10.2. The van der Waals surface area contributed by atoms with Crippen molar-refractivity contribution in [3.8, 4) is 0 Å². The van der Waals surface area contributed by atoms with E-state index >= 15 is 0 Å². The fourth-order valence-corrected chi connectivity index (χ4v) is 1.69. The van der Waals surface area contributed by atoms with Crippen LogP contribution in [0.4, 0.5) is 0 Å². The van der Waals surface area contributed by atoms with E-state index in [-0.39, 0.29) is 23.7 Å². The van der Waals surface area contributed by atoms with Crippen LogP contribution in [0.25, 0.3) is 0 Å². The molecule has 1 amide bonds. The number of amides is 1. The lowest BCUT2D eigenvalue weighted by molar-refractivity contribution is -0.132. The first-order valence-electron chi connectivity index (χ1n) is 4.44. The van der Waals surface area contributed by atoms with E-state index in [1.54, 1.807) is 0 Å². The Bertz CT molecular complexity index is 237. The second kappa shape index (κ2) is 3.46. The molecule has 0 spiro atoms. The van der Waals surface area contributed by atoms with Gasteiger partial charge >= 0.3 is 0 Å². The molecule has 13 heavy (non-hydrogen) atoms. The summed E-state index contributed by atoms with van der Waals surface area (Å²) in [6, 6.07) is -0.290. The summed E-state index contributed by atoms with van der Waals surface area (Å²) < 4.78 is 0. The highest BCUT2D eigenvalue weighted by molar-refractivity contribution is 6.02. The number of nitrogens with one attached hydrogen (secondary N) is 1. The van der Waals surface area contributed by atoms with Crippen LogP contribution in [-0.4, -0.2) is 28.9 Å². The Hall–Kier alpha value is -0.900. The van der Waals surface area contributed by atoms with Crippen molar-refractivity contribution in [3.63, 3.8) is 0 Å². The minimum atomic E-state index is -0.870. The molecule has 0 aromatic carbocycles. The van der Waals surface area contributed by atoms with Crippen molar-refractivity contribution in [1.29, 1.82) is 0 Å². The SMILES string of the molecule is CC(=O)C1C(=O)NC(C(C)C)C1O. The highest BCUT2D eigenvalue weighted by atomic mass is 16.3. The fraction of sp³-hybridized carbons (Fsp3) is 0.778. The second-order valence-corrected chi connectivity index (χ2v) is 3.86. The van der Waals surface area contributed by atoms with Gasteiger partial charge in [-0.1, -0.05) is 13.8 Å². The molecule has 1 aliphatic heterocycles. The zero-order valence-electron chi connectivity index (χ0n) is 8.07. The van der Waals surface area contributed by atoms with Crippen molar-refractivity contribution in [3.05, 3.63) is 0 Å². The van der Waals surface area contributed by atoms with Gasteiger partial charge in [-0.05, 0) is 12.8 Å². The van der Waals surface area contributed by atoms with Crippen molar-refractivity contribution in [2.24, 2.45) is 11.8 Å². The van der Waals surface area contributed by atoms with Crippen LogP contribution < -0.4 is 5.32 Å². The molecule has 1 fully saturated rings. The van der Waals surface area contributed by atoms with Crippen LogP contribution >= 0.6 is 0 Å². The molecular weight excluding hydrogens is 170 g/mol. The van der Waals surface area contributed by atoms with E-state index in [0.717, 1.165) is 0 Å². The maximum absolute atomic E-state index is 11.2. The number of Topliss-reactive ketones (excluding diaryl/α,β-unsaturated/α-hetero) is 1. The Balaban J connectivity index is 2.81. The molecule has 4 nitrogen and oxygen atoms in total. The van der Waals surface area contributed by atoms with Crippen LogP contribution in [-0.2, 0) is 9.59 Å². The van der Waals surface area contributed by atoms with E-state index in [0.29, 0.717) is 0 Å². The quantitative estimate of drug-likeness (QED) is 0.581. The molecule has 3 unspecified atom stereocenters. The smallest absolute Gasteiger partial charge is 0.233 e. The predicted molar refractivity (Wildman–Crippen MR) is 46.9 cm³/mol. The molecule has 0 bridgehead atoms. The van der Waals surface area contributed by atoms with Gasteiger partial charge < -0.3 is 10.4 Å². The number of ketones is 1. The lowest BCUT2D eigenvalue weighted by atomic mass is 9.92. The summed E-state index contributed by atoms with van der Waals surface area (Å²) in [5.41, 5.74) is 0. The summed E-state index contributed by atoms with van der Waals surface area (Å²) in [4.78, 5) is 22.3. The summed E-state index contributed by atoms with van der Waals surface area (Å²) in [6.07, 6.45) is -0.870. The minimum Gasteiger partial charge on any atom is -0.390 e. The van der Waals surface area contributed by atoms with Crippen LogP contribution in [0, 0.1) is 11.8 Å². The van der Waals surface area contributed by atoms with Gasteiger partial charge in [0.15, 0.2) is 0 Å². The van der Waals surface area contributed by atoms with Gasteiger partial charge in [0, 0.05) is 0 Å². The Morgan fingerprint density at radius 2 is 2.08 bits per heavy atom. The molecule has 4 heteroatoms. The lowest BCUT2D eigenvalue weighted by Gasteiger charge is -2.19. The van der Waals surface area contributed by atoms with Gasteiger partial charge in [-0.15, -0.1) is 0 Å². The molecule has 1 saturated heterocycles. The van der Waals surface area contributed by atoms with Crippen LogP contribution in [0.2, 0.25) is 0 Å². The Morgan fingerprint density at radius 1 is 1.54 bits per heavy atom. The monoisotopic (exact) mass is 185 g/mol. The Morgan fingerprint density at radius 3 is 2.31 bits per heavy atom. The largest absolute Gasteiger partial charge is 0.390 e. The number of hydrogen-bond acceptors (Lipinski definition) is 3. The van der Waals surface area contributed by atoms with Gasteiger partial charge in [0.1, 0.15) is 11.7 Å². The Kier molecular flexibility index (Phi) is 2.71. The van der Waals surface area contributed by atoms with Crippen molar-refractivity contribution in [2.45, 2.75) is 32.9 Å². The molecule has 0 radical (unpaired) electrons. The van der Waals surface area contributed by atoms with E-state index in [9.17, 15) is 14.7 Å². The molecule has 1 rings (SSSR count). The third-order valence-electron chi connectivity index (χ3n) is 2.46. The first-order chi connectivity index (χ1) is 5.95. The summed E-state index contributed by atoms with van der Waals surface area (Å²) in [5.74, 6) is -1.34. The molecular formula is C9H15NO3. The van der Waals surface area contributed by atoms with Gasteiger partial charge in [-0.3, -0.25) is 9.59 Å². The number of carbonyl (C=O) groups excluding carboxylic acids is 2. The average molecular weight is 185 g/mol. The summed E-state index contributed by atoms with van der Waals surface area (Å²) >= 11 is 0. The fourth-order valence-electron chi connectivity index (χ4n) is 1.69. The molecule has 2 N–H and O–H groups in total. The predicted octanol–water partition coefficient (Wildman–Crippen LogP) is -0.293. The van der Waals surface area contributed by atoms with E-state index in [1.165, 1.54) is 6.92 Å². The van der Waals surface area contributed by atoms with Gasteiger partial charge in [-0.25, -0.2) is 0 Å². The van der Waals surface area contributed by atoms with E-state index in [1.807, 2.05) is 13.8 Å². The molecule has 0 saturated carbocycles. The third kappa shape index (κ3) is 1.72. The number of hydrogen-bond donors (Lipinski definition) is 2. The summed E-state index contributed by atoms with van der Waals surface area (Å²) in [5, 5.41) is 12.3. The van der Waals surface area contributed by atoms with Crippen LogP contribution in [0.3, 0.4) is 0 Å². The van der Waals surface area contributed by atoms with Crippen molar-refractivity contribution >= 4 is 11.7 Å². The van der Waals surface area contributed by atoms with E-state index < -0.39 is 12.0 Å². The normalized spacial score (nSPS) is 33.6. The molecule has 0 aliphatic carbocycles. The average Bonchev–Trinajstić information content (AvgIpc) is 2.26. The van der Waals surface area contributed by atoms with Gasteiger partial charge in [0.2, 0.25) is 5.91 Å². The molecule has 1 aliphatic rings. The highest BCUT2D eigenvalue weighted by Gasteiger charge is 2.44. The molecule has 74 valence electrons. The van der Waals surface area contributed by atoms with Crippen molar-refractivity contribution < 1.29 is 14.7 Å². The third-order valence-corrected chi connectivity index (χ3v) is 2.46. The number of carbonyl (C=O) groups is 2. The Labute approximate surface area is 77.3 Å². The summed E-state index contributed by atoms with van der Waals surface area (Å²) in [6.45, 7) is 5.13. The number of aliphatic hydroxyl groups excluding tert-OH is 1. The lowest BCUT2D eigenvalue weighted by Crippen LogP contribution is -2.37. The van der Waals surface area contributed by atoms with Crippen LogP contribution in [0.15, 0.2) is 0 Å². The maximum Gasteiger partial charge on any atom is 0.233 e. The standard InChI is InChI=1S/C9H15NO3/c1-4(2)7-8(12)6(5(3)11)9(13)10-7/h4,6-8,12H,1-3H3,(H,10,13). The van der Waals surface area contributed by atoms with Crippen LogP contribution in [0.5, 0.6) is 0 Å². The van der Waals surface area contributed by atoms with Crippen LogP contribution in [0.1, 0.15) is 20.8 Å². The van der Waals surface area contributed by atoms with Gasteiger partial charge in [-0.2, -0.15) is 0 Å². The van der Waals surface area contributed by atoms with Crippen molar-refractivity contribution in [2.75, 3.05) is 0 Å². The maximum atomic E-state index is 11.2. The first-order valence-corrected chi connectivity index (χ1v) is 4.44. The number of rotatable bonds is 2. The molecule has 1 heterocycles. The minimum absolute atomic E-state index is 0.142.